The maximum absolute atomic E-state index is 12.8. The molecule has 6 atom stereocenters. The molecular formula is C16H22N2O2. The quantitative estimate of drug-likeness (QED) is 0.821. The smallest absolute Gasteiger partial charge is 0.246 e. The van der Waals surface area contributed by atoms with E-state index in [2.05, 4.69) is 5.32 Å². The number of nitrogens with zero attached hydrogens (tertiary/aromatic N) is 1. The van der Waals surface area contributed by atoms with E-state index in [1.54, 1.807) is 0 Å². The molecule has 4 heteroatoms. The molecule has 5 fully saturated rings. The fourth-order valence-corrected chi connectivity index (χ4v) is 5.62. The Morgan fingerprint density at radius 1 is 1.00 bits per heavy atom. The Balaban J connectivity index is 1.44. The average Bonchev–Trinajstić information content (AvgIpc) is 3.33. The van der Waals surface area contributed by atoms with Crippen LogP contribution in [0, 0.1) is 29.6 Å². The van der Waals surface area contributed by atoms with Gasteiger partial charge in [-0.05, 0) is 68.6 Å². The minimum absolute atomic E-state index is 0.0684. The van der Waals surface area contributed by atoms with Gasteiger partial charge in [0.2, 0.25) is 11.8 Å². The molecule has 5 rings (SSSR count). The van der Waals surface area contributed by atoms with Crippen LogP contribution in [0.25, 0.3) is 0 Å². The Morgan fingerprint density at radius 2 is 1.60 bits per heavy atom. The van der Waals surface area contributed by atoms with Gasteiger partial charge in [-0.25, -0.2) is 0 Å². The number of fused-ring (bicyclic) bond motifs is 5. The van der Waals surface area contributed by atoms with Crippen LogP contribution >= 0.6 is 0 Å². The Morgan fingerprint density at radius 3 is 2.20 bits per heavy atom. The van der Waals surface area contributed by atoms with Gasteiger partial charge in [0, 0.05) is 6.04 Å². The fraction of sp³-hybridized carbons (Fsp3) is 0.875. The lowest BCUT2D eigenvalue weighted by Gasteiger charge is -2.39. The highest BCUT2D eigenvalue weighted by atomic mass is 16.2. The lowest BCUT2D eigenvalue weighted by Crippen LogP contribution is -2.64. The SMILES string of the molecule is CC1C(=O)NC(C2CC2)C(=O)N1C1C2C3CCC(C3)C21. The summed E-state index contributed by atoms with van der Waals surface area (Å²) in [5.74, 6) is 3.85. The van der Waals surface area contributed by atoms with Crippen LogP contribution in [-0.4, -0.2) is 34.8 Å². The maximum Gasteiger partial charge on any atom is 0.246 e. The molecule has 6 unspecified atom stereocenters. The van der Waals surface area contributed by atoms with E-state index in [0.717, 1.165) is 36.5 Å². The van der Waals surface area contributed by atoms with E-state index < -0.39 is 0 Å². The van der Waals surface area contributed by atoms with Crippen LogP contribution in [0.5, 0.6) is 0 Å². The molecule has 0 aromatic rings. The van der Waals surface area contributed by atoms with E-state index in [-0.39, 0.29) is 23.9 Å². The van der Waals surface area contributed by atoms with Crippen LogP contribution < -0.4 is 5.32 Å². The molecule has 1 heterocycles. The predicted octanol–water partition coefficient (Wildman–Crippen LogP) is 1.16. The van der Waals surface area contributed by atoms with Gasteiger partial charge in [-0.2, -0.15) is 0 Å². The molecule has 2 bridgehead atoms. The summed E-state index contributed by atoms with van der Waals surface area (Å²) in [6, 6.07) is -0.0683. The van der Waals surface area contributed by atoms with Gasteiger partial charge in [-0.1, -0.05) is 0 Å². The minimum atomic E-state index is -0.257. The molecule has 2 amide bonds. The van der Waals surface area contributed by atoms with Crippen LogP contribution in [0.3, 0.4) is 0 Å². The molecule has 5 aliphatic rings. The first kappa shape index (κ1) is 11.6. The van der Waals surface area contributed by atoms with Gasteiger partial charge in [-0.15, -0.1) is 0 Å². The first-order valence-corrected chi connectivity index (χ1v) is 8.29. The summed E-state index contributed by atoms with van der Waals surface area (Å²) in [5.41, 5.74) is 0. The van der Waals surface area contributed by atoms with E-state index in [0.29, 0.717) is 12.0 Å². The number of rotatable bonds is 2. The molecule has 0 radical (unpaired) electrons. The summed E-state index contributed by atoms with van der Waals surface area (Å²) in [5, 5.41) is 2.96. The topological polar surface area (TPSA) is 49.4 Å². The van der Waals surface area contributed by atoms with Crippen LogP contribution in [-0.2, 0) is 9.59 Å². The zero-order valence-corrected chi connectivity index (χ0v) is 11.9. The van der Waals surface area contributed by atoms with Crippen molar-refractivity contribution in [2.24, 2.45) is 29.6 Å². The summed E-state index contributed by atoms with van der Waals surface area (Å²) >= 11 is 0. The second-order valence-electron chi connectivity index (χ2n) is 7.72. The highest BCUT2D eigenvalue weighted by Crippen LogP contribution is 2.67. The van der Waals surface area contributed by atoms with Gasteiger partial charge >= 0.3 is 0 Å². The van der Waals surface area contributed by atoms with Crippen LogP contribution in [0.1, 0.15) is 39.0 Å². The third kappa shape index (κ3) is 1.33. The molecular weight excluding hydrogens is 252 g/mol. The number of carbonyl (C=O) groups is 2. The van der Waals surface area contributed by atoms with E-state index in [4.69, 9.17) is 0 Å². The lowest BCUT2D eigenvalue weighted by atomic mass is 10.00. The van der Waals surface area contributed by atoms with Crippen molar-refractivity contribution in [3.8, 4) is 0 Å². The molecule has 4 aliphatic carbocycles. The number of hydrogen-bond acceptors (Lipinski definition) is 2. The molecule has 1 saturated heterocycles. The monoisotopic (exact) mass is 274 g/mol. The zero-order valence-electron chi connectivity index (χ0n) is 11.9. The highest BCUT2D eigenvalue weighted by Gasteiger charge is 2.69. The molecule has 0 aromatic carbocycles. The number of hydrogen-bond donors (Lipinski definition) is 1. The molecule has 4 nitrogen and oxygen atoms in total. The van der Waals surface area contributed by atoms with Crippen molar-refractivity contribution in [1.82, 2.24) is 10.2 Å². The second kappa shape index (κ2) is 3.58. The van der Waals surface area contributed by atoms with Gasteiger partial charge in [0.15, 0.2) is 0 Å². The average molecular weight is 274 g/mol. The number of carbonyl (C=O) groups excluding carboxylic acids is 2. The predicted molar refractivity (Wildman–Crippen MR) is 72.6 cm³/mol. The summed E-state index contributed by atoms with van der Waals surface area (Å²) in [6.45, 7) is 1.91. The van der Waals surface area contributed by atoms with Crippen molar-refractivity contribution < 1.29 is 9.59 Å². The van der Waals surface area contributed by atoms with Crippen molar-refractivity contribution in [1.29, 1.82) is 0 Å². The van der Waals surface area contributed by atoms with E-state index >= 15 is 0 Å². The lowest BCUT2D eigenvalue weighted by molar-refractivity contribution is -0.150. The maximum atomic E-state index is 12.8. The molecule has 4 saturated carbocycles. The molecule has 108 valence electrons. The Labute approximate surface area is 119 Å². The van der Waals surface area contributed by atoms with Gasteiger partial charge < -0.3 is 10.2 Å². The largest absolute Gasteiger partial charge is 0.342 e. The van der Waals surface area contributed by atoms with Gasteiger partial charge in [0.05, 0.1) is 0 Å². The summed E-state index contributed by atoms with van der Waals surface area (Å²) < 4.78 is 0. The van der Waals surface area contributed by atoms with Gasteiger partial charge in [-0.3, -0.25) is 9.59 Å². The van der Waals surface area contributed by atoms with Crippen molar-refractivity contribution >= 4 is 11.8 Å². The normalized spacial score (nSPS) is 53.0. The van der Waals surface area contributed by atoms with Crippen LogP contribution in [0.15, 0.2) is 0 Å². The van der Waals surface area contributed by atoms with E-state index in [1.807, 2.05) is 11.8 Å². The van der Waals surface area contributed by atoms with E-state index in [9.17, 15) is 9.59 Å². The highest BCUT2D eigenvalue weighted by molar-refractivity contribution is 5.97. The second-order valence-corrected chi connectivity index (χ2v) is 7.72. The molecule has 1 N–H and O–H groups in total. The summed E-state index contributed by atoms with van der Waals surface area (Å²) in [6.07, 6.45) is 6.30. The first-order chi connectivity index (χ1) is 9.66. The van der Waals surface area contributed by atoms with Crippen molar-refractivity contribution in [3.05, 3.63) is 0 Å². The Hall–Kier alpha value is -1.06. The summed E-state index contributed by atoms with van der Waals surface area (Å²) in [4.78, 5) is 27.0. The molecule has 1 aliphatic heterocycles. The number of nitrogens with one attached hydrogen (secondary N) is 1. The standard InChI is InChI=1S/C16H22N2O2/c1-7-15(19)17-13(8-2-3-8)16(20)18(7)14-11-9-4-5-10(6-9)12(11)14/h7-14H,2-6H2,1H3,(H,17,19). The van der Waals surface area contributed by atoms with Crippen LogP contribution in [0.4, 0.5) is 0 Å². The number of amides is 2. The van der Waals surface area contributed by atoms with Crippen molar-refractivity contribution in [2.75, 3.05) is 0 Å². The third-order valence-corrected chi connectivity index (χ3v) is 6.72. The van der Waals surface area contributed by atoms with E-state index in [1.165, 1.54) is 19.3 Å². The van der Waals surface area contributed by atoms with Crippen molar-refractivity contribution in [2.45, 2.75) is 57.2 Å². The Bertz CT molecular complexity index is 485. The fourth-order valence-electron chi connectivity index (χ4n) is 5.62. The summed E-state index contributed by atoms with van der Waals surface area (Å²) in [7, 11) is 0. The zero-order chi connectivity index (χ0) is 13.6. The van der Waals surface area contributed by atoms with Crippen LogP contribution in [0.2, 0.25) is 0 Å². The first-order valence-electron chi connectivity index (χ1n) is 8.29. The van der Waals surface area contributed by atoms with Gasteiger partial charge in [0.1, 0.15) is 12.1 Å². The number of piperazine rings is 1. The van der Waals surface area contributed by atoms with Gasteiger partial charge in [0.25, 0.3) is 0 Å². The Kier molecular flexibility index (Phi) is 2.07. The molecule has 0 spiro atoms. The van der Waals surface area contributed by atoms with Crippen molar-refractivity contribution in [3.63, 3.8) is 0 Å². The molecule has 20 heavy (non-hydrogen) atoms. The third-order valence-electron chi connectivity index (χ3n) is 6.72. The molecule has 0 aromatic heterocycles. The minimum Gasteiger partial charge on any atom is -0.342 e.